The Morgan fingerprint density at radius 2 is 1.62 bits per heavy atom. The van der Waals surface area contributed by atoms with E-state index in [0.29, 0.717) is 22.7 Å². The molecule has 1 N–H and O–H groups in total. The number of hydrogen-bond acceptors (Lipinski definition) is 6. The van der Waals surface area contributed by atoms with Gasteiger partial charge >= 0.3 is 5.97 Å². The third-order valence-corrected chi connectivity index (χ3v) is 5.97. The first kappa shape index (κ1) is 25.1. The van der Waals surface area contributed by atoms with Crippen LogP contribution in [0.25, 0.3) is 0 Å². The molecule has 0 aliphatic heterocycles. The van der Waals surface area contributed by atoms with Crippen LogP contribution in [0.3, 0.4) is 0 Å². The second-order valence-corrected chi connectivity index (χ2v) is 8.36. The van der Waals surface area contributed by atoms with Crippen LogP contribution in [0.15, 0.2) is 42.5 Å². The van der Waals surface area contributed by atoms with Gasteiger partial charge in [0.05, 0.1) is 21.3 Å². The molecule has 1 aliphatic carbocycles. The van der Waals surface area contributed by atoms with Crippen LogP contribution in [0.2, 0.25) is 0 Å². The molecule has 0 aromatic heterocycles. The van der Waals surface area contributed by atoms with Crippen LogP contribution in [0.4, 0.5) is 5.69 Å². The molecule has 182 valence electrons. The molecule has 8 heteroatoms. The zero-order chi connectivity index (χ0) is 24.5. The molecule has 0 spiro atoms. The third-order valence-electron chi connectivity index (χ3n) is 5.97. The summed E-state index contributed by atoms with van der Waals surface area (Å²) in [6.07, 6.45) is 5.08. The molecule has 0 bridgehead atoms. The Kier molecular flexibility index (Phi) is 8.90. The number of nitrogens with zero attached hydrogens (tertiary/aromatic N) is 1. The number of methoxy groups -OCH3 is 3. The maximum Gasteiger partial charge on any atom is 0.325 e. The zero-order valence-corrected chi connectivity index (χ0v) is 20.0. The van der Waals surface area contributed by atoms with E-state index in [1.54, 1.807) is 56.7 Å². The number of carbonyl (C=O) groups is 3. The van der Waals surface area contributed by atoms with Gasteiger partial charge < -0.3 is 24.4 Å². The highest BCUT2D eigenvalue weighted by atomic mass is 16.5. The summed E-state index contributed by atoms with van der Waals surface area (Å²) >= 11 is 0. The molecule has 0 heterocycles. The van der Waals surface area contributed by atoms with Crippen LogP contribution in [0.1, 0.15) is 48.0 Å². The normalized spacial score (nSPS) is 13.6. The van der Waals surface area contributed by atoms with E-state index in [0.717, 1.165) is 31.2 Å². The van der Waals surface area contributed by atoms with Gasteiger partial charge in [0.2, 0.25) is 5.91 Å². The van der Waals surface area contributed by atoms with E-state index in [1.165, 1.54) is 18.4 Å². The molecule has 0 radical (unpaired) electrons. The van der Waals surface area contributed by atoms with E-state index in [4.69, 9.17) is 14.2 Å². The van der Waals surface area contributed by atoms with Crippen LogP contribution in [0, 0.1) is 5.92 Å². The summed E-state index contributed by atoms with van der Waals surface area (Å²) in [4.78, 5) is 39.5. The average molecular weight is 469 g/mol. The van der Waals surface area contributed by atoms with Crippen molar-refractivity contribution in [3.8, 4) is 11.5 Å². The monoisotopic (exact) mass is 468 g/mol. The Morgan fingerprint density at radius 1 is 0.941 bits per heavy atom. The van der Waals surface area contributed by atoms with E-state index >= 15 is 0 Å². The average Bonchev–Trinajstić information content (AvgIpc) is 2.88. The number of amides is 2. The molecule has 1 aliphatic rings. The standard InChI is InChI=1S/C26H32N2O6/c1-32-22-12-18(13-23(15-22)33-2)16-28(17-24(29)34-3)26(31)20-10-7-11-21(14-20)27-25(30)19-8-5-4-6-9-19/h7,10-15,19H,4-6,8-9,16-17H2,1-3H3,(H,27,30). The number of hydrogen-bond donors (Lipinski definition) is 1. The van der Waals surface area contributed by atoms with E-state index in [-0.39, 0.29) is 30.8 Å². The summed E-state index contributed by atoms with van der Waals surface area (Å²) in [5, 5.41) is 2.94. The number of benzene rings is 2. The molecule has 2 aromatic carbocycles. The largest absolute Gasteiger partial charge is 0.497 e. The van der Waals surface area contributed by atoms with Gasteiger partial charge in [-0.2, -0.15) is 0 Å². The predicted octanol–water partition coefficient (Wildman–Crippen LogP) is 4.04. The van der Waals surface area contributed by atoms with Gasteiger partial charge in [-0.15, -0.1) is 0 Å². The molecule has 34 heavy (non-hydrogen) atoms. The Morgan fingerprint density at radius 3 is 2.24 bits per heavy atom. The number of esters is 1. The van der Waals surface area contributed by atoms with Crippen molar-refractivity contribution >= 4 is 23.5 Å². The Bertz CT molecular complexity index is 994. The molecule has 1 fully saturated rings. The summed E-state index contributed by atoms with van der Waals surface area (Å²) in [6, 6.07) is 12.1. The van der Waals surface area contributed by atoms with E-state index < -0.39 is 5.97 Å². The van der Waals surface area contributed by atoms with E-state index in [9.17, 15) is 14.4 Å². The van der Waals surface area contributed by atoms with E-state index in [2.05, 4.69) is 5.32 Å². The van der Waals surface area contributed by atoms with Gasteiger partial charge in [0, 0.05) is 29.8 Å². The fourth-order valence-corrected chi connectivity index (χ4v) is 4.12. The molecule has 2 amide bonds. The van der Waals surface area contributed by atoms with Gasteiger partial charge in [0.25, 0.3) is 5.91 Å². The lowest BCUT2D eigenvalue weighted by atomic mass is 9.88. The second kappa shape index (κ2) is 12.1. The minimum absolute atomic E-state index is 0.00646. The van der Waals surface area contributed by atoms with Crippen molar-refractivity contribution in [2.24, 2.45) is 5.92 Å². The van der Waals surface area contributed by atoms with Gasteiger partial charge in [0.1, 0.15) is 18.0 Å². The highest BCUT2D eigenvalue weighted by Gasteiger charge is 2.23. The van der Waals surface area contributed by atoms with Crippen LogP contribution >= 0.6 is 0 Å². The smallest absolute Gasteiger partial charge is 0.325 e. The molecule has 0 atom stereocenters. The number of anilines is 1. The first-order valence-corrected chi connectivity index (χ1v) is 11.4. The molecule has 2 aromatic rings. The van der Waals surface area contributed by atoms with Crippen molar-refractivity contribution in [1.29, 1.82) is 0 Å². The Balaban J connectivity index is 1.80. The Hall–Kier alpha value is -3.55. The molecular weight excluding hydrogens is 436 g/mol. The minimum atomic E-state index is -0.537. The van der Waals surface area contributed by atoms with Crippen molar-refractivity contribution in [3.05, 3.63) is 53.6 Å². The lowest BCUT2D eigenvalue weighted by Gasteiger charge is -2.23. The molecule has 1 saturated carbocycles. The number of carbonyl (C=O) groups excluding carboxylic acids is 3. The first-order valence-electron chi connectivity index (χ1n) is 11.4. The zero-order valence-electron chi connectivity index (χ0n) is 20.0. The highest BCUT2D eigenvalue weighted by Crippen LogP contribution is 2.26. The number of rotatable bonds is 9. The maximum absolute atomic E-state index is 13.4. The van der Waals surface area contributed by atoms with Crippen LogP contribution < -0.4 is 14.8 Å². The van der Waals surface area contributed by atoms with Gasteiger partial charge in [-0.1, -0.05) is 25.3 Å². The van der Waals surface area contributed by atoms with Crippen molar-refractivity contribution in [3.63, 3.8) is 0 Å². The molecular formula is C26H32N2O6. The number of nitrogens with one attached hydrogen (secondary N) is 1. The second-order valence-electron chi connectivity index (χ2n) is 8.36. The summed E-state index contributed by atoms with van der Waals surface area (Å²) in [5.74, 6) is 0.247. The summed E-state index contributed by atoms with van der Waals surface area (Å²) < 4.78 is 15.4. The fraction of sp³-hybridized carbons (Fsp3) is 0.423. The van der Waals surface area contributed by atoms with Crippen molar-refractivity contribution in [2.45, 2.75) is 38.6 Å². The predicted molar refractivity (Wildman–Crippen MR) is 128 cm³/mol. The summed E-state index contributed by atoms with van der Waals surface area (Å²) in [5.41, 5.74) is 1.65. The summed E-state index contributed by atoms with van der Waals surface area (Å²) in [7, 11) is 4.37. The Labute approximate surface area is 200 Å². The van der Waals surface area contributed by atoms with Crippen molar-refractivity contribution < 1.29 is 28.6 Å². The topological polar surface area (TPSA) is 94.2 Å². The maximum atomic E-state index is 13.4. The highest BCUT2D eigenvalue weighted by molar-refractivity contribution is 5.98. The van der Waals surface area contributed by atoms with Crippen molar-refractivity contribution in [1.82, 2.24) is 4.90 Å². The molecule has 3 rings (SSSR count). The van der Waals surface area contributed by atoms with Gasteiger partial charge in [-0.3, -0.25) is 14.4 Å². The van der Waals surface area contributed by atoms with Crippen LogP contribution in [-0.4, -0.2) is 50.6 Å². The lowest BCUT2D eigenvalue weighted by Crippen LogP contribution is -2.35. The quantitative estimate of drug-likeness (QED) is 0.559. The molecule has 0 saturated heterocycles. The van der Waals surface area contributed by atoms with Gasteiger partial charge in [-0.25, -0.2) is 0 Å². The first-order chi connectivity index (χ1) is 16.4. The lowest BCUT2D eigenvalue weighted by molar-refractivity contribution is -0.141. The third kappa shape index (κ3) is 6.73. The molecule has 8 nitrogen and oxygen atoms in total. The van der Waals surface area contributed by atoms with Gasteiger partial charge in [0.15, 0.2) is 0 Å². The van der Waals surface area contributed by atoms with Gasteiger partial charge in [-0.05, 0) is 48.7 Å². The van der Waals surface area contributed by atoms with Crippen molar-refractivity contribution in [2.75, 3.05) is 33.2 Å². The number of ether oxygens (including phenoxy) is 3. The van der Waals surface area contributed by atoms with Crippen LogP contribution in [-0.2, 0) is 20.9 Å². The van der Waals surface area contributed by atoms with Crippen LogP contribution in [0.5, 0.6) is 11.5 Å². The minimum Gasteiger partial charge on any atom is -0.497 e. The fourth-order valence-electron chi connectivity index (χ4n) is 4.12. The van der Waals surface area contributed by atoms with E-state index in [1.807, 2.05) is 0 Å². The summed E-state index contributed by atoms with van der Waals surface area (Å²) in [6.45, 7) is -0.0896. The molecule has 0 unspecified atom stereocenters. The SMILES string of the molecule is COC(=O)CN(Cc1cc(OC)cc(OC)c1)C(=O)c1cccc(NC(=O)C2CCCCC2)c1.